The molecule has 0 aromatic rings. The molecule has 0 radical (unpaired) electrons. The van der Waals surface area contributed by atoms with Gasteiger partial charge in [-0.25, -0.2) is 4.79 Å². The third kappa shape index (κ3) is 3.80. The summed E-state index contributed by atoms with van der Waals surface area (Å²) in [6.07, 6.45) is 11.6. The molecule has 190 valence electrons. The van der Waals surface area contributed by atoms with Crippen LogP contribution in [0.3, 0.4) is 0 Å². The molecule has 4 saturated carbocycles. The summed E-state index contributed by atoms with van der Waals surface area (Å²) in [7, 11) is 1.40. The topological polar surface area (TPSA) is 85.2 Å². The minimum atomic E-state index is -0.325. The Morgan fingerprint density at radius 2 is 1.88 bits per heavy atom. The second-order valence-electron chi connectivity index (χ2n) is 12.4. The Labute approximate surface area is 204 Å². The number of methoxy groups -OCH3 is 1. The fourth-order valence-corrected chi connectivity index (χ4v) is 9.14. The highest BCUT2D eigenvalue weighted by Gasteiger charge is 2.66. The minimum absolute atomic E-state index is 0.108. The summed E-state index contributed by atoms with van der Waals surface area (Å²) < 4.78 is 11.0. The minimum Gasteiger partial charge on any atom is -0.466 e. The second kappa shape index (κ2) is 8.98. The van der Waals surface area contributed by atoms with Gasteiger partial charge >= 0.3 is 11.9 Å². The van der Waals surface area contributed by atoms with Crippen molar-refractivity contribution in [2.24, 2.45) is 51.0 Å². The van der Waals surface area contributed by atoms with E-state index in [-0.39, 0.29) is 40.2 Å². The lowest BCUT2D eigenvalue weighted by molar-refractivity contribution is -0.201. The average Bonchev–Trinajstić information content (AvgIpc) is 3.16. The molecular weight excluding hydrogens is 430 g/mol. The monoisotopic (exact) mass is 473 g/mol. The Morgan fingerprint density at radius 1 is 1.15 bits per heavy atom. The van der Waals surface area contributed by atoms with Crippen LogP contribution in [0.5, 0.6) is 0 Å². The van der Waals surface area contributed by atoms with E-state index < -0.39 is 0 Å². The first-order valence-electron chi connectivity index (χ1n) is 13.1. The predicted molar refractivity (Wildman–Crippen MR) is 130 cm³/mol. The first-order chi connectivity index (χ1) is 16.0. The summed E-state index contributed by atoms with van der Waals surface area (Å²) in [6, 6.07) is 0. The van der Waals surface area contributed by atoms with E-state index in [9.17, 15) is 14.8 Å². The number of nitrogens with zero attached hydrogens (tertiary/aromatic N) is 1. The quantitative estimate of drug-likeness (QED) is 0.242. The van der Waals surface area contributed by atoms with Crippen molar-refractivity contribution in [1.82, 2.24) is 0 Å². The van der Waals surface area contributed by atoms with Crippen molar-refractivity contribution in [1.29, 1.82) is 0 Å². The number of hydrogen-bond donors (Lipinski definition) is 1. The molecule has 0 spiro atoms. The summed E-state index contributed by atoms with van der Waals surface area (Å²) in [4.78, 5) is 24.0. The van der Waals surface area contributed by atoms with Crippen LogP contribution in [0.1, 0.15) is 86.0 Å². The van der Waals surface area contributed by atoms with Gasteiger partial charge in [0.1, 0.15) is 6.10 Å². The van der Waals surface area contributed by atoms with E-state index in [0.29, 0.717) is 23.7 Å². The van der Waals surface area contributed by atoms with Gasteiger partial charge in [0.25, 0.3) is 0 Å². The highest BCUT2D eigenvalue weighted by molar-refractivity contribution is 5.85. The largest absolute Gasteiger partial charge is 0.466 e. The Kier molecular flexibility index (Phi) is 6.67. The smallest absolute Gasteiger partial charge is 0.330 e. The standard InChI is InChI=1S/C28H43NO5/c1-17(7-10-25(31)33-6)21-8-9-22-20-12-13-26(3)16-19(29-32)11-14-27(26,4)23(20)15-24(28(21,22)5)34-18(2)30/h7,10,17,20-24,32H,8-9,11-16H2,1-6H3/b10-7+,29-19-/t17-,20?,21-,22?,23?,24+,26-,27-,28-/m1/s1. The predicted octanol–water partition coefficient (Wildman–Crippen LogP) is 5.77. The molecule has 4 aliphatic rings. The molecular formula is C28H43NO5. The van der Waals surface area contributed by atoms with Crippen LogP contribution >= 0.6 is 0 Å². The lowest BCUT2D eigenvalue weighted by Gasteiger charge is -2.65. The van der Waals surface area contributed by atoms with Crippen LogP contribution in [0.4, 0.5) is 0 Å². The summed E-state index contributed by atoms with van der Waals surface area (Å²) in [6.45, 7) is 10.9. The van der Waals surface area contributed by atoms with Crippen LogP contribution in [-0.2, 0) is 19.1 Å². The molecule has 4 fully saturated rings. The number of fused-ring (bicyclic) bond motifs is 5. The second-order valence-corrected chi connectivity index (χ2v) is 12.4. The lowest BCUT2D eigenvalue weighted by atomic mass is 9.39. The highest BCUT2D eigenvalue weighted by atomic mass is 16.5. The molecule has 0 amide bonds. The summed E-state index contributed by atoms with van der Waals surface area (Å²) in [5.41, 5.74) is 1.07. The maximum atomic E-state index is 12.3. The van der Waals surface area contributed by atoms with Gasteiger partial charge in [-0.3, -0.25) is 4.79 Å². The van der Waals surface area contributed by atoms with Crippen molar-refractivity contribution in [3.63, 3.8) is 0 Å². The van der Waals surface area contributed by atoms with Crippen molar-refractivity contribution in [3.8, 4) is 0 Å². The molecule has 9 atom stereocenters. The SMILES string of the molecule is COC(=O)/C=C/[C@@H](C)[C@H]1CCC2C3CC[C@]4(C)C/C(=N\O)CC[C@]4(C)C3C[C@H](OC(C)=O)[C@@]21C. The van der Waals surface area contributed by atoms with Crippen molar-refractivity contribution < 1.29 is 24.3 Å². The zero-order valence-electron chi connectivity index (χ0n) is 21.8. The Hall–Kier alpha value is -1.85. The maximum absolute atomic E-state index is 12.3. The van der Waals surface area contributed by atoms with Gasteiger partial charge in [-0.1, -0.05) is 38.9 Å². The highest BCUT2D eigenvalue weighted by Crippen LogP contribution is 2.71. The van der Waals surface area contributed by atoms with E-state index in [1.165, 1.54) is 20.5 Å². The van der Waals surface area contributed by atoms with Gasteiger partial charge in [-0.05, 0) is 91.8 Å². The van der Waals surface area contributed by atoms with Crippen LogP contribution in [0.2, 0.25) is 0 Å². The molecule has 6 heteroatoms. The maximum Gasteiger partial charge on any atom is 0.330 e. The molecule has 4 rings (SSSR count). The van der Waals surface area contributed by atoms with Gasteiger partial charge in [-0.2, -0.15) is 0 Å². The first-order valence-corrected chi connectivity index (χ1v) is 13.1. The van der Waals surface area contributed by atoms with Gasteiger partial charge in [0.15, 0.2) is 0 Å². The molecule has 34 heavy (non-hydrogen) atoms. The number of carbonyl (C=O) groups is 2. The van der Waals surface area contributed by atoms with E-state index in [1.807, 2.05) is 6.08 Å². The Bertz CT molecular complexity index is 882. The van der Waals surface area contributed by atoms with Gasteiger partial charge in [0.05, 0.1) is 12.8 Å². The van der Waals surface area contributed by atoms with E-state index in [0.717, 1.165) is 50.7 Å². The van der Waals surface area contributed by atoms with E-state index in [4.69, 9.17) is 9.47 Å². The molecule has 3 unspecified atom stereocenters. The fraction of sp³-hybridized carbons (Fsp3) is 0.821. The Morgan fingerprint density at radius 3 is 2.53 bits per heavy atom. The number of hydrogen-bond acceptors (Lipinski definition) is 6. The fourth-order valence-electron chi connectivity index (χ4n) is 9.14. The van der Waals surface area contributed by atoms with Gasteiger partial charge < -0.3 is 14.7 Å². The lowest BCUT2D eigenvalue weighted by Crippen LogP contribution is -2.61. The Balaban J connectivity index is 1.68. The van der Waals surface area contributed by atoms with Gasteiger partial charge in [0.2, 0.25) is 0 Å². The summed E-state index contributed by atoms with van der Waals surface area (Å²) in [5.74, 6) is 1.64. The number of oxime groups is 1. The first kappa shape index (κ1) is 25.2. The van der Waals surface area contributed by atoms with Crippen molar-refractivity contribution >= 4 is 17.7 Å². The normalized spacial score (nSPS) is 45.8. The van der Waals surface area contributed by atoms with Crippen LogP contribution in [0.15, 0.2) is 17.3 Å². The molecule has 6 nitrogen and oxygen atoms in total. The number of carbonyl (C=O) groups excluding carboxylic acids is 2. The summed E-state index contributed by atoms with van der Waals surface area (Å²) >= 11 is 0. The van der Waals surface area contributed by atoms with Crippen LogP contribution in [0.25, 0.3) is 0 Å². The van der Waals surface area contributed by atoms with Crippen molar-refractivity contribution in [2.45, 2.75) is 92.1 Å². The van der Waals surface area contributed by atoms with Gasteiger partial charge in [0, 0.05) is 18.4 Å². The van der Waals surface area contributed by atoms with Gasteiger partial charge in [-0.15, -0.1) is 0 Å². The molecule has 1 N–H and O–H groups in total. The van der Waals surface area contributed by atoms with E-state index in [1.54, 1.807) is 6.08 Å². The number of rotatable bonds is 4. The number of ether oxygens (including phenoxy) is 2. The average molecular weight is 474 g/mol. The zero-order valence-corrected chi connectivity index (χ0v) is 21.8. The summed E-state index contributed by atoms with van der Waals surface area (Å²) in [5, 5.41) is 13.1. The molecule has 4 aliphatic carbocycles. The van der Waals surface area contributed by atoms with Crippen LogP contribution < -0.4 is 0 Å². The number of esters is 2. The van der Waals surface area contributed by atoms with Crippen molar-refractivity contribution in [2.75, 3.05) is 7.11 Å². The molecule has 0 aromatic carbocycles. The molecule has 0 heterocycles. The number of allylic oxidation sites excluding steroid dienone is 1. The molecule has 0 bridgehead atoms. The van der Waals surface area contributed by atoms with E-state index >= 15 is 0 Å². The zero-order chi connectivity index (χ0) is 24.9. The molecule has 0 aromatic heterocycles. The van der Waals surface area contributed by atoms with Crippen molar-refractivity contribution in [3.05, 3.63) is 12.2 Å². The third-order valence-corrected chi connectivity index (χ3v) is 11.2. The van der Waals surface area contributed by atoms with Crippen LogP contribution in [-0.4, -0.2) is 36.1 Å². The third-order valence-electron chi connectivity index (χ3n) is 11.2. The molecule has 0 aliphatic heterocycles. The van der Waals surface area contributed by atoms with E-state index in [2.05, 4.69) is 32.9 Å². The molecule has 0 saturated heterocycles. The van der Waals surface area contributed by atoms with Crippen LogP contribution in [0, 0.1) is 45.8 Å².